The van der Waals surface area contributed by atoms with Gasteiger partial charge in [-0.15, -0.1) is 0 Å². The molecule has 18 heavy (non-hydrogen) atoms. The van der Waals surface area contributed by atoms with E-state index in [1.165, 1.54) is 12.1 Å². The second kappa shape index (κ2) is 5.07. The largest absolute Gasteiger partial charge is 0.456 e. The molecule has 0 bridgehead atoms. The van der Waals surface area contributed by atoms with Crippen LogP contribution in [0.5, 0.6) is 11.5 Å². The average molecular weight is 262 g/mol. The fourth-order valence-electron chi connectivity index (χ4n) is 1.49. The summed E-state index contributed by atoms with van der Waals surface area (Å²) in [4.78, 5) is 0. The van der Waals surface area contributed by atoms with E-state index < -0.39 is 5.82 Å². The highest BCUT2D eigenvalue weighted by atomic mass is 35.5. The summed E-state index contributed by atoms with van der Waals surface area (Å²) in [5.74, 6) is 0.141. The number of halogens is 2. The van der Waals surface area contributed by atoms with Gasteiger partial charge in [0, 0.05) is 6.07 Å². The first kappa shape index (κ1) is 12.4. The molecule has 0 aliphatic heterocycles. The Hall–Kier alpha value is -2.05. The third-order valence-corrected chi connectivity index (χ3v) is 2.68. The monoisotopic (exact) mass is 261 g/mol. The molecule has 0 aromatic heterocycles. The maximum Gasteiger partial charge on any atom is 0.145 e. The fraction of sp³-hybridized carbons (Fsp3) is 0.0714. The molecule has 0 atom stereocenters. The molecule has 0 saturated carbocycles. The predicted octanol–water partition coefficient (Wildman–Crippen LogP) is 4.45. The van der Waals surface area contributed by atoms with Crippen molar-refractivity contribution < 1.29 is 9.13 Å². The van der Waals surface area contributed by atoms with E-state index in [1.807, 2.05) is 19.1 Å². The van der Waals surface area contributed by atoms with Gasteiger partial charge in [-0.05, 0) is 36.8 Å². The zero-order valence-electron chi connectivity index (χ0n) is 9.58. The molecule has 0 heterocycles. The lowest BCUT2D eigenvalue weighted by atomic mass is 10.1. The van der Waals surface area contributed by atoms with Crippen LogP contribution in [0.2, 0.25) is 5.02 Å². The van der Waals surface area contributed by atoms with Crippen molar-refractivity contribution in [1.82, 2.24) is 0 Å². The molecule has 0 aliphatic rings. The summed E-state index contributed by atoms with van der Waals surface area (Å²) in [6.07, 6.45) is 0. The van der Waals surface area contributed by atoms with E-state index in [1.54, 1.807) is 18.2 Å². The van der Waals surface area contributed by atoms with Crippen molar-refractivity contribution in [3.05, 3.63) is 58.4 Å². The van der Waals surface area contributed by atoms with Crippen LogP contribution in [0.3, 0.4) is 0 Å². The summed E-state index contributed by atoms with van der Waals surface area (Å²) in [5.41, 5.74) is 1.37. The molecule has 0 spiro atoms. The lowest BCUT2D eigenvalue weighted by molar-refractivity contribution is 0.475. The molecule has 2 nitrogen and oxygen atoms in total. The van der Waals surface area contributed by atoms with Crippen LogP contribution in [0.1, 0.15) is 11.1 Å². The Balaban J connectivity index is 2.34. The minimum atomic E-state index is -0.556. The van der Waals surface area contributed by atoms with E-state index in [2.05, 4.69) is 0 Å². The van der Waals surface area contributed by atoms with E-state index in [4.69, 9.17) is 21.6 Å². The van der Waals surface area contributed by atoms with Gasteiger partial charge in [0.25, 0.3) is 0 Å². The molecule has 2 rings (SSSR count). The van der Waals surface area contributed by atoms with Crippen LogP contribution in [-0.4, -0.2) is 0 Å². The van der Waals surface area contributed by atoms with Crippen molar-refractivity contribution in [3.8, 4) is 17.6 Å². The highest BCUT2D eigenvalue weighted by Crippen LogP contribution is 2.28. The molecule has 4 heteroatoms. The quantitative estimate of drug-likeness (QED) is 0.800. The van der Waals surface area contributed by atoms with Gasteiger partial charge in [-0.2, -0.15) is 5.26 Å². The van der Waals surface area contributed by atoms with E-state index in [9.17, 15) is 4.39 Å². The Morgan fingerprint density at radius 3 is 2.67 bits per heavy atom. The minimum absolute atomic E-state index is 0.0340. The summed E-state index contributed by atoms with van der Waals surface area (Å²) in [7, 11) is 0. The molecule has 0 amide bonds. The summed E-state index contributed by atoms with van der Waals surface area (Å²) >= 11 is 5.58. The van der Waals surface area contributed by atoms with Gasteiger partial charge in [0.2, 0.25) is 0 Å². The molecule has 2 aromatic rings. The number of nitrogens with zero attached hydrogens (tertiary/aromatic N) is 1. The van der Waals surface area contributed by atoms with E-state index >= 15 is 0 Å². The van der Waals surface area contributed by atoms with Gasteiger partial charge in [0.15, 0.2) is 0 Å². The summed E-state index contributed by atoms with van der Waals surface area (Å²) in [6, 6.07) is 11.4. The molecule has 0 unspecified atom stereocenters. The standard InChI is InChI=1S/C14H9ClFNO/c1-9-2-5-14(10(6-9)8-17)18-11-3-4-12(15)13(16)7-11/h2-7H,1H3. The van der Waals surface area contributed by atoms with Crippen molar-refractivity contribution >= 4 is 11.6 Å². The van der Waals surface area contributed by atoms with Crippen molar-refractivity contribution in [2.75, 3.05) is 0 Å². The first-order chi connectivity index (χ1) is 8.60. The van der Waals surface area contributed by atoms with Crippen molar-refractivity contribution in [3.63, 3.8) is 0 Å². The SMILES string of the molecule is Cc1ccc(Oc2ccc(Cl)c(F)c2)c(C#N)c1. The number of ether oxygens (including phenoxy) is 1. The van der Waals surface area contributed by atoms with Gasteiger partial charge in [0.05, 0.1) is 10.6 Å². The number of hydrogen-bond acceptors (Lipinski definition) is 2. The highest BCUT2D eigenvalue weighted by Gasteiger charge is 2.07. The summed E-state index contributed by atoms with van der Waals surface area (Å²) in [6.45, 7) is 1.88. The van der Waals surface area contributed by atoms with E-state index in [0.29, 0.717) is 17.1 Å². The molecular weight excluding hydrogens is 253 g/mol. The van der Waals surface area contributed by atoms with E-state index in [-0.39, 0.29) is 5.02 Å². The Morgan fingerprint density at radius 2 is 2.00 bits per heavy atom. The Kier molecular flexibility index (Phi) is 3.50. The van der Waals surface area contributed by atoms with Crippen LogP contribution in [0.4, 0.5) is 4.39 Å². The third-order valence-electron chi connectivity index (χ3n) is 2.37. The Morgan fingerprint density at radius 1 is 1.22 bits per heavy atom. The highest BCUT2D eigenvalue weighted by molar-refractivity contribution is 6.30. The normalized spacial score (nSPS) is 9.89. The van der Waals surface area contributed by atoms with Crippen LogP contribution < -0.4 is 4.74 Å². The molecule has 2 aromatic carbocycles. The lowest BCUT2D eigenvalue weighted by Crippen LogP contribution is -1.90. The molecule has 0 N–H and O–H groups in total. The van der Waals surface area contributed by atoms with Crippen molar-refractivity contribution in [1.29, 1.82) is 5.26 Å². The molecule has 0 fully saturated rings. The van der Waals surface area contributed by atoms with E-state index in [0.717, 1.165) is 5.56 Å². The second-order valence-corrected chi connectivity index (χ2v) is 4.20. The molecule has 90 valence electrons. The maximum atomic E-state index is 13.3. The molecule has 0 saturated heterocycles. The number of hydrogen-bond donors (Lipinski definition) is 0. The summed E-state index contributed by atoms with van der Waals surface area (Å²) in [5, 5.41) is 9.03. The lowest BCUT2D eigenvalue weighted by Gasteiger charge is -2.08. The predicted molar refractivity (Wildman–Crippen MR) is 67.4 cm³/mol. The van der Waals surface area contributed by atoms with Crippen LogP contribution in [0, 0.1) is 24.1 Å². The fourth-order valence-corrected chi connectivity index (χ4v) is 1.61. The molecule has 0 aliphatic carbocycles. The third kappa shape index (κ3) is 2.61. The second-order valence-electron chi connectivity index (χ2n) is 3.79. The summed E-state index contributed by atoms with van der Waals surface area (Å²) < 4.78 is 18.7. The minimum Gasteiger partial charge on any atom is -0.456 e. The maximum absolute atomic E-state index is 13.3. The molecular formula is C14H9ClFNO. The Labute approximate surface area is 109 Å². The van der Waals surface area contributed by atoms with Crippen molar-refractivity contribution in [2.45, 2.75) is 6.92 Å². The van der Waals surface area contributed by atoms with Gasteiger partial charge in [0.1, 0.15) is 23.4 Å². The van der Waals surface area contributed by atoms with Gasteiger partial charge in [-0.3, -0.25) is 0 Å². The number of benzene rings is 2. The molecule has 0 radical (unpaired) electrons. The zero-order valence-corrected chi connectivity index (χ0v) is 10.3. The van der Waals surface area contributed by atoms with Gasteiger partial charge in [-0.25, -0.2) is 4.39 Å². The number of aryl methyl sites for hydroxylation is 1. The van der Waals surface area contributed by atoms with Crippen LogP contribution in [-0.2, 0) is 0 Å². The van der Waals surface area contributed by atoms with Crippen LogP contribution in [0.15, 0.2) is 36.4 Å². The van der Waals surface area contributed by atoms with Gasteiger partial charge >= 0.3 is 0 Å². The zero-order chi connectivity index (χ0) is 13.1. The van der Waals surface area contributed by atoms with Crippen LogP contribution in [0.25, 0.3) is 0 Å². The number of rotatable bonds is 2. The first-order valence-electron chi connectivity index (χ1n) is 5.24. The Bertz CT molecular complexity index is 634. The average Bonchev–Trinajstić information content (AvgIpc) is 2.36. The topological polar surface area (TPSA) is 33.0 Å². The van der Waals surface area contributed by atoms with Gasteiger partial charge < -0.3 is 4.74 Å². The smallest absolute Gasteiger partial charge is 0.145 e. The number of nitriles is 1. The van der Waals surface area contributed by atoms with Crippen LogP contribution >= 0.6 is 11.6 Å². The van der Waals surface area contributed by atoms with Crippen molar-refractivity contribution in [2.24, 2.45) is 0 Å². The van der Waals surface area contributed by atoms with Gasteiger partial charge in [-0.1, -0.05) is 17.7 Å². The first-order valence-corrected chi connectivity index (χ1v) is 5.61.